The molecular formula is C15H12Br2ClNOS. The lowest BCUT2D eigenvalue weighted by molar-refractivity contribution is 0.477. The summed E-state index contributed by atoms with van der Waals surface area (Å²) >= 11 is 14.9. The Morgan fingerprint density at radius 1 is 1.29 bits per heavy atom. The Balaban J connectivity index is 2.08. The smallest absolute Gasteiger partial charge is 0.134 e. The molecule has 1 unspecified atom stereocenters. The zero-order valence-corrected chi connectivity index (χ0v) is 15.9. The van der Waals surface area contributed by atoms with E-state index in [9.17, 15) is 0 Å². The van der Waals surface area contributed by atoms with Gasteiger partial charge >= 0.3 is 0 Å². The van der Waals surface area contributed by atoms with Crippen molar-refractivity contribution < 1.29 is 4.42 Å². The van der Waals surface area contributed by atoms with E-state index in [2.05, 4.69) is 50.2 Å². The van der Waals surface area contributed by atoms with Crippen LogP contribution >= 0.6 is 54.8 Å². The van der Waals surface area contributed by atoms with Crippen LogP contribution in [0, 0.1) is 0 Å². The summed E-state index contributed by atoms with van der Waals surface area (Å²) in [6.45, 7) is 2.93. The highest BCUT2D eigenvalue weighted by Crippen LogP contribution is 2.39. The van der Waals surface area contributed by atoms with Crippen LogP contribution in [0.25, 0.3) is 11.0 Å². The monoisotopic (exact) mass is 447 g/mol. The summed E-state index contributed by atoms with van der Waals surface area (Å²) in [7, 11) is 0. The zero-order chi connectivity index (χ0) is 15.0. The highest BCUT2D eigenvalue weighted by atomic mass is 79.9. The molecule has 6 heteroatoms. The van der Waals surface area contributed by atoms with Gasteiger partial charge in [0.15, 0.2) is 0 Å². The van der Waals surface area contributed by atoms with Crippen LogP contribution in [0.2, 0.25) is 5.02 Å². The normalized spacial score (nSPS) is 13.0. The summed E-state index contributed by atoms with van der Waals surface area (Å²) in [6.07, 6.45) is 0. The molecule has 110 valence electrons. The molecule has 0 aliphatic heterocycles. The van der Waals surface area contributed by atoms with Gasteiger partial charge in [-0.2, -0.15) is 0 Å². The molecule has 0 saturated heterocycles. The fourth-order valence-corrected chi connectivity index (χ4v) is 5.38. The summed E-state index contributed by atoms with van der Waals surface area (Å²) < 4.78 is 8.19. The second-order valence-corrected chi connectivity index (χ2v) is 8.79. The Hall–Kier alpha value is -0.330. The minimum absolute atomic E-state index is 0.0121. The molecule has 3 aromatic rings. The van der Waals surface area contributed by atoms with Crippen molar-refractivity contribution >= 4 is 65.8 Å². The third-order valence-electron chi connectivity index (χ3n) is 3.18. The lowest BCUT2D eigenvalue weighted by Crippen LogP contribution is -2.21. The maximum atomic E-state index is 6.04. The first-order valence-corrected chi connectivity index (χ1v) is 9.23. The molecule has 0 saturated carbocycles. The number of hydrogen-bond donors (Lipinski definition) is 1. The number of furan rings is 1. The largest absolute Gasteiger partial charge is 0.459 e. The molecule has 1 aromatic carbocycles. The van der Waals surface area contributed by atoms with Gasteiger partial charge in [0, 0.05) is 16.0 Å². The van der Waals surface area contributed by atoms with E-state index in [1.54, 1.807) is 11.3 Å². The first-order valence-electron chi connectivity index (χ1n) is 6.45. The third kappa shape index (κ3) is 3.22. The number of halogens is 3. The van der Waals surface area contributed by atoms with Gasteiger partial charge in [0.2, 0.25) is 0 Å². The second kappa shape index (κ2) is 6.42. The highest BCUT2D eigenvalue weighted by molar-refractivity contribution is 9.12. The average Bonchev–Trinajstić information content (AvgIpc) is 2.98. The van der Waals surface area contributed by atoms with Gasteiger partial charge in [0.05, 0.1) is 13.6 Å². The van der Waals surface area contributed by atoms with Gasteiger partial charge in [-0.1, -0.05) is 18.5 Å². The lowest BCUT2D eigenvalue weighted by Gasteiger charge is -2.14. The predicted molar refractivity (Wildman–Crippen MR) is 96.5 cm³/mol. The van der Waals surface area contributed by atoms with Crippen LogP contribution in [0.15, 0.2) is 42.3 Å². The Kier molecular flexibility index (Phi) is 4.76. The highest BCUT2D eigenvalue weighted by Gasteiger charge is 2.22. The Morgan fingerprint density at radius 2 is 2.10 bits per heavy atom. The molecule has 2 nitrogen and oxygen atoms in total. The Labute approximate surface area is 148 Å². The zero-order valence-electron chi connectivity index (χ0n) is 11.1. The third-order valence-corrected chi connectivity index (χ3v) is 5.81. The molecule has 2 heterocycles. The molecule has 0 aliphatic carbocycles. The van der Waals surface area contributed by atoms with Crippen LogP contribution < -0.4 is 5.32 Å². The Morgan fingerprint density at radius 3 is 2.76 bits per heavy atom. The Bertz CT molecular complexity index is 783. The van der Waals surface area contributed by atoms with Crippen LogP contribution in [0.3, 0.4) is 0 Å². The van der Waals surface area contributed by atoms with Crippen molar-refractivity contribution in [2.45, 2.75) is 13.0 Å². The molecule has 0 radical (unpaired) electrons. The number of benzene rings is 1. The number of fused-ring (bicyclic) bond motifs is 1. The summed E-state index contributed by atoms with van der Waals surface area (Å²) in [5.41, 5.74) is 2.02. The topological polar surface area (TPSA) is 25.2 Å². The summed E-state index contributed by atoms with van der Waals surface area (Å²) in [6, 6.07) is 9.85. The molecular weight excluding hydrogens is 437 g/mol. The predicted octanol–water partition coefficient (Wildman–Crippen LogP) is 6.37. The molecule has 1 atom stereocenters. The van der Waals surface area contributed by atoms with E-state index in [1.165, 1.54) is 5.56 Å². The van der Waals surface area contributed by atoms with Crippen LogP contribution in [0.5, 0.6) is 0 Å². The minimum atomic E-state index is 0.0121. The second-order valence-electron chi connectivity index (χ2n) is 4.60. The number of thiophene rings is 1. The van der Waals surface area contributed by atoms with Gasteiger partial charge in [-0.05, 0) is 68.7 Å². The van der Waals surface area contributed by atoms with E-state index in [4.69, 9.17) is 16.0 Å². The van der Waals surface area contributed by atoms with Crippen molar-refractivity contribution in [3.63, 3.8) is 0 Å². The number of nitrogens with one attached hydrogen (secondary N) is 1. The maximum Gasteiger partial charge on any atom is 0.134 e. The van der Waals surface area contributed by atoms with E-state index in [0.29, 0.717) is 5.02 Å². The van der Waals surface area contributed by atoms with Gasteiger partial charge < -0.3 is 9.73 Å². The van der Waals surface area contributed by atoms with Crippen molar-refractivity contribution in [1.29, 1.82) is 0 Å². The fourth-order valence-electron chi connectivity index (χ4n) is 2.29. The summed E-state index contributed by atoms with van der Waals surface area (Å²) in [5, 5.41) is 5.21. The standard InChI is InChI=1S/C15H12Br2ClNOS/c1-2-19-14(10-7-13(16)21-15(10)17)12-6-8-5-9(18)3-4-11(8)20-12/h3-7,14,19H,2H2,1H3. The molecule has 2 aromatic heterocycles. The fraction of sp³-hybridized carbons (Fsp3) is 0.200. The molecule has 0 bridgehead atoms. The summed E-state index contributed by atoms with van der Waals surface area (Å²) in [4.78, 5) is 0. The van der Waals surface area contributed by atoms with Gasteiger partial charge in [0.25, 0.3) is 0 Å². The van der Waals surface area contributed by atoms with Crippen molar-refractivity contribution in [2.75, 3.05) is 6.54 Å². The molecule has 1 N–H and O–H groups in total. The maximum absolute atomic E-state index is 6.04. The first kappa shape index (κ1) is 15.6. The van der Waals surface area contributed by atoms with E-state index in [0.717, 1.165) is 30.8 Å². The van der Waals surface area contributed by atoms with Gasteiger partial charge in [-0.3, -0.25) is 0 Å². The number of rotatable bonds is 4. The van der Waals surface area contributed by atoms with Crippen molar-refractivity contribution in [3.05, 3.63) is 54.3 Å². The van der Waals surface area contributed by atoms with Gasteiger partial charge in [-0.15, -0.1) is 11.3 Å². The van der Waals surface area contributed by atoms with Crippen molar-refractivity contribution in [2.24, 2.45) is 0 Å². The van der Waals surface area contributed by atoms with E-state index in [1.807, 2.05) is 24.3 Å². The lowest BCUT2D eigenvalue weighted by atomic mass is 10.1. The first-order chi connectivity index (χ1) is 10.1. The molecule has 0 spiro atoms. The van der Waals surface area contributed by atoms with Crippen LogP contribution in [-0.2, 0) is 0 Å². The number of hydrogen-bond acceptors (Lipinski definition) is 3. The quantitative estimate of drug-likeness (QED) is 0.501. The van der Waals surface area contributed by atoms with Crippen LogP contribution in [0.1, 0.15) is 24.3 Å². The van der Waals surface area contributed by atoms with Crippen molar-refractivity contribution in [3.8, 4) is 0 Å². The van der Waals surface area contributed by atoms with E-state index >= 15 is 0 Å². The van der Waals surface area contributed by atoms with Gasteiger partial charge in [-0.25, -0.2) is 0 Å². The van der Waals surface area contributed by atoms with Crippen molar-refractivity contribution in [1.82, 2.24) is 5.32 Å². The molecule has 0 fully saturated rings. The van der Waals surface area contributed by atoms with E-state index in [-0.39, 0.29) is 6.04 Å². The molecule has 0 amide bonds. The van der Waals surface area contributed by atoms with Gasteiger partial charge in [0.1, 0.15) is 11.3 Å². The summed E-state index contributed by atoms with van der Waals surface area (Å²) in [5.74, 6) is 0.889. The minimum Gasteiger partial charge on any atom is -0.459 e. The SMILES string of the molecule is CCNC(c1cc2cc(Cl)ccc2o1)c1cc(Br)sc1Br. The molecule has 21 heavy (non-hydrogen) atoms. The average molecular weight is 450 g/mol. The van der Waals surface area contributed by atoms with Crippen LogP contribution in [0.4, 0.5) is 0 Å². The van der Waals surface area contributed by atoms with Crippen LogP contribution in [-0.4, -0.2) is 6.54 Å². The molecule has 3 rings (SSSR count). The molecule has 0 aliphatic rings. The van der Waals surface area contributed by atoms with E-state index < -0.39 is 0 Å².